The molecule has 1 amide bonds. The van der Waals surface area contributed by atoms with Gasteiger partial charge in [0.05, 0.1) is 6.61 Å². The van der Waals surface area contributed by atoms with Crippen molar-refractivity contribution < 1.29 is 14.3 Å². The maximum atomic E-state index is 12.4. The average molecular weight is 355 g/mol. The van der Waals surface area contributed by atoms with Gasteiger partial charge in [0.2, 0.25) is 0 Å². The molecule has 0 aliphatic heterocycles. The molecule has 2 rings (SSSR count). The molecule has 0 aliphatic rings. The number of hydrogen-bond acceptors (Lipinski definition) is 3. The van der Waals surface area contributed by atoms with E-state index >= 15 is 0 Å². The van der Waals surface area contributed by atoms with E-state index in [-0.39, 0.29) is 11.9 Å². The fourth-order valence-corrected chi connectivity index (χ4v) is 2.72. The average Bonchev–Trinajstić information content (AvgIpc) is 2.60. The van der Waals surface area contributed by atoms with Crippen LogP contribution in [-0.2, 0) is 6.61 Å². The third-order valence-corrected chi connectivity index (χ3v) is 4.20. The molecule has 0 aromatic heterocycles. The zero-order valence-electron chi connectivity index (χ0n) is 16.4. The topological polar surface area (TPSA) is 47.6 Å². The smallest absolute Gasteiger partial charge is 0.251 e. The SMILES string of the molecule is CCOc1ccc(C(=O)N[C@@H](C)CC)cc1COc1cc(C)cc(C)c1. The highest BCUT2D eigenvalue weighted by Gasteiger charge is 2.13. The first kappa shape index (κ1) is 19.8. The summed E-state index contributed by atoms with van der Waals surface area (Å²) in [5.41, 5.74) is 3.80. The van der Waals surface area contributed by atoms with Crippen molar-refractivity contribution in [1.82, 2.24) is 5.32 Å². The van der Waals surface area contributed by atoms with E-state index in [4.69, 9.17) is 9.47 Å². The minimum atomic E-state index is -0.0740. The first-order valence-corrected chi connectivity index (χ1v) is 9.20. The van der Waals surface area contributed by atoms with Gasteiger partial charge in [-0.1, -0.05) is 13.0 Å². The second kappa shape index (κ2) is 9.27. The van der Waals surface area contributed by atoms with E-state index in [1.54, 1.807) is 6.07 Å². The number of nitrogens with one attached hydrogen (secondary N) is 1. The summed E-state index contributed by atoms with van der Waals surface area (Å²) < 4.78 is 11.7. The van der Waals surface area contributed by atoms with Gasteiger partial charge >= 0.3 is 0 Å². The van der Waals surface area contributed by atoms with Gasteiger partial charge in [-0.15, -0.1) is 0 Å². The van der Waals surface area contributed by atoms with E-state index in [1.807, 2.05) is 58.9 Å². The molecule has 0 radical (unpaired) electrons. The second-order valence-electron chi connectivity index (χ2n) is 6.65. The van der Waals surface area contributed by atoms with E-state index in [0.717, 1.165) is 34.6 Å². The number of hydrogen-bond donors (Lipinski definition) is 1. The Balaban J connectivity index is 2.20. The number of carbonyl (C=O) groups is 1. The number of ether oxygens (including phenoxy) is 2. The predicted octanol–water partition coefficient (Wildman–Crippen LogP) is 4.81. The lowest BCUT2D eigenvalue weighted by atomic mass is 10.1. The molecule has 0 heterocycles. The lowest BCUT2D eigenvalue weighted by Crippen LogP contribution is -2.32. The highest BCUT2D eigenvalue weighted by molar-refractivity contribution is 5.94. The molecule has 0 bridgehead atoms. The number of rotatable bonds is 8. The molecule has 1 atom stereocenters. The molecular formula is C22H29NO3. The van der Waals surface area contributed by atoms with Gasteiger partial charge in [-0.3, -0.25) is 4.79 Å². The molecule has 0 fully saturated rings. The Morgan fingerprint density at radius 3 is 2.35 bits per heavy atom. The summed E-state index contributed by atoms with van der Waals surface area (Å²) in [6.07, 6.45) is 0.894. The fourth-order valence-electron chi connectivity index (χ4n) is 2.72. The van der Waals surface area contributed by atoms with Crippen LogP contribution in [0.1, 0.15) is 54.2 Å². The molecule has 0 spiro atoms. The van der Waals surface area contributed by atoms with Crippen molar-refractivity contribution in [2.45, 2.75) is 53.7 Å². The molecule has 140 valence electrons. The van der Waals surface area contributed by atoms with E-state index in [1.165, 1.54) is 0 Å². The minimum Gasteiger partial charge on any atom is -0.493 e. The number of amides is 1. The first-order valence-electron chi connectivity index (χ1n) is 9.20. The van der Waals surface area contributed by atoms with Gasteiger partial charge in [-0.2, -0.15) is 0 Å². The maximum Gasteiger partial charge on any atom is 0.251 e. The third-order valence-electron chi connectivity index (χ3n) is 4.20. The third kappa shape index (κ3) is 5.51. The van der Waals surface area contributed by atoms with Crippen molar-refractivity contribution in [3.8, 4) is 11.5 Å². The van der Waals surface area contributed by atoms with Gasteiger partial charge in [0, 0.05) is 17.2 Å². The lowest BCUT2D eigenvalue weighted by molar-refractivity contribution is 0.0939. The van der Waals surface area contributed by atoms with E-state index < -0.39 is 0 Å². The highest BCUT2D eigenvalue weighted by Crippen LogP contribution is 2.24. The molecule has 2 aromatic rings. The molecular weight excluding hydrogens is 326 g/mol. The van der Waals surface area contributed by atoms with Gasteiger partial charge < -0.3 is 14.8 Å². The molecule has 1 N–H and O–H groups in total. The van der Waals surface area contributed by atoms with Crippen LogP contribution in [0.15, 0.2) is 36.4 Å². The minimum absolute atomic E-state index is 0.0740. The molecule has 0 saturated carbocycles. The number of carbonyl (C=O) groups excluding carboxylic acids is 1. The maximum absolute atomic E-state index is 12.4. The van der Waals surface area contributed by atoms with E-state index in [0.29, 0.717) is 18.8 Å². The van der Waals surface area contributed by atoms with Gasteiger partial charge in [0.25, 0.3) is 5.91 Å². The summed E-state index contributed by atoms with van der Waals surface area (Å²) in [6.45, 7) is 11.0. The van der Waals surface area contributed by atoms with Crippen molar-refractivity contribution >= 4 is 5.91 Å². The molecule has 26 heavy (non-hydrogen) atoms. The van der Waals surface area contributed by atoms with Crippen LogP contribution in [0.25, 0.3) is 0 Å². The fraction of sp³-hybridized carbons (Fsp3) is 0.409. The number of aryl methyl sites for hydroxylation is 2. The lowest BCUT2D eigenvalue weighted by Gasteiger charge is -2.15. The summed E-state index contributed by atoms with van der Waals surface area (Å²) in [6, 6.07) is 11.8. The quantitative estimate of drug-likeness (QED) is 0.739. The van der Waals surface area contributed by atoms with Crippen LogP contribution in [0, 0.1) is 13.8 Å². The van der Waals surface area contributed by atoms with Crippen LogP contribution < -0.4 is 14.8 Å². The normalized spacial score (nSPS) is 11.7. The van der Waals surface area contributed by atoms with Crippen LogP contribution in [0.5, 0.6) is 11.5 Å². The van der Waals surface area contributed by atoms with Crippen molar-refractivity contribution in [1.29, 1.82) is 0 Å². The van der Waals surface area contributed by atoms with Gasteiger partial charge in [0.1, 0.15) is 18.1 Å². The van der Waals surface area contributed by atoms with Crippen LogP contribution in [0.3, 0.4) is 0 Å². The molecule has 0 saturated heterocycles. The Morgan fingerprint density at radius 2 is 1.73 bits per heavy atom. The summed E-state index contributed by atoms with van der Waals surface area (Å²) in [5.74, 6) is 1.49. The van der Waals surface area contributed by atoms with Crippen molar-refractivity contribution in [3.63, 3.8) is 0 Å². The molecule has 2 aromatic carbocycles. The van der Waals surface area contributed by atoms with E-state index in [9.17, 15) is 4.79 Å². The van der Waals surface area contributed by atoms with E-state index in [2.05, 4.69) is 11.4 Å². The van der Waals surface area contributed by atoms with Crippen LogP contribution in [0.4, 0.5) is 0 Å². The zero-order chi connectivity index (χ0) is 19.1. The van der Waals surface area contributed by atoms with Crippen LogP contribution in [0.2, 0.25) is 0 Å². The van der Waals surface area contributed by atoms with Crippen molar-refractivity contribution in [2.24, 2.45) is 0 Å². The predicted molar refractivity (Wildman–Crippen MR) is 105 cm³/mol. The molecule has 4 nitrogen and oxygen atoms in total. The number of benzene rings is 2. The Labute approximate surface area is 156 Å². The van der Waals surface area contributed by atoms with Gasteiger partial charge in [0.15, 0.2) is 0 Å². The Bertz CT molecular complexity index is 735. The van der Waals surface area contributed by atoms with Gasteiger partial charge in [-0.25, -0.2) is 0 Å². The van der Waals surface area contributed by atoms with Crippen molar-refractivity contribution in [3.05, 3.63) is 58.7 Å². The second-order valence-corrected chi connectivity index (χ2v) is 6.65. The summed E-state index contributed by atoms with van der Waals surface area (Å²) in [7, 11) is 0. The highest BCUT2D eigenvalue weighted by atomic mass is 16.5. The monoisotopic (exact) mass is 355 g/mol. The van der Waals surface area contributed by atoms with Crippen LogP contribution in [-0.4, -0.2) is 18.6 Å². The molecule has 0 unspecified atom stereocenters. The summed E-state index contributed by atoms with van der Waals surface area (Å²) in [5, 5.41) is 2.99. The zero-order valence-corrected chi connectivity index (χ0v) is 16.4. The largest absolute Gasteiger partial charge is 0.493 e. The molecule has 4 heteroatoms. The standard InChI is InChI=1S/C22H29NO3/c1-6-17(5)23-22(24)18-8-9-21(25-7-2)19(13-18)14-26-20-11-15(3)10-16(4)12-20/h8-13,17H,6-7,14H2,1-5H3,(H,23,24)/t17-/m0/s1. The molecule has 0 aliphatic carbocycles. The summed E-state index contributed by atoms with van der Waals surface area (Å²) >= 11 is 0. The van der Waals surface area contributed by atoms with Crippen molar-refractivity contribution in [2.75, 3.05) is 6.61 Å². The Kier molecular flexibility index (Phi) is 7.07. The summed E-state index contributed by atoms with van der Waals surface area (Å²) in [4.78, 5) is 12.4. The van der Waals surface area contributed by atoms with Crippen LogP contribution >= 0.6 is 0 Å². The van der Waals surface area contributed by atoms with Gasteiger partial charge in [-0.05, 0) is 75.6 Å². The Hall–Kier alpha value is -2.49. The Morgan fingerprint density at radius 1 is 1.04 bits per heavy atom. The first-order chi connectivity index (χ1) is 12.4.